The van der Waals surface area contributed by atoms with Gasteiger partial charge >= 0.3 is 0 Å². The fourth-order valence-electron chi connectivity index (χ4n) is 3.49. The highest BCUT2D eigenvalue weighted by Crippen LogP contribution is 2.34. The van der Waals surface area contributed by atoms with E-state index in [1.54, 1.807) is 0 Å². The van der Waals surface area contributed by atoms with Crippen LogP contribution in [-0.4, -0.2) is 23.5 Å². The monoisotopic (exact) mass is 288 g/mol. The molecule has 0 radical (unpaired) electrons. The van der Waals surface area contributed by atoms with Crippen LogP contribution in [0.15, 0.2) is 24.3 Å². The molecule has 2 atom stereocenters. The van der Waals surface area contributed by atoms with E-state index in [2.05, 4.69) is 56.9 Å². The predicted molar refractivity (Wildman–Crippen MR) is 91.6 cm³/mol. The summed E-state index contributed by atoms with van der Waals surface area (Å²) in [6.07, 6.45) is 5.10. The molecule has 1 aliphatic heterocycles. The van der Waals surface area contributed by atoms with Crippen molar-refractivity contribution in [2.24, 2.45) is 5.73 Å². The Balaban J connectivity index is 2.20. The van der Waals surface area contributed by atoms with E-state index in [1.165, 1.54) is 43.5 Å². The predicted octanol–water partition coefficient (Wildman–Crippen LogP) is 4.46. The van der Waals surface area contributed by atoms with Crippen molar-refractivity contribution in [2.45, 2.75) is 70.9 Å². The third-order valence-electron chi connectivity index (χ3n) is 5.43. The van der Waals surface area contributed by atoms with E-state index in [-0.39, 0.29) is 11.6 Å². The maximum absolute atomic E-state index is 6.70. The summed E-state index contributed by atoms with van der Waals surface area (Å²) in [6, 6.07) is 9.04. The first-order chi connectivity index (χ1) is 9.99. The van der Waals surface area contributed by atoms with Crippen LogP contribution in [0.4, 0.5) is 0 Å². The van der Waals surface area contributed by atoms with Crippen molar-refractivity contribution in [3.8, 4) is 0 Å². The molecule has 0 spiro atoms. The molecule has 1 aliphatic rings. The van der Waals surface area contributed by atoms with Crippen LogP contribution in [0.5, 0.6) is 0 Å². The van der Waals surface area contributed by atoms with Gasteiger partial charge in [-0.15, -0.1) is 0 Å². The van der Waals surface area contributed by atoms with Crippen molar-refractivity contribution in [3.05, 3.63) is 35.4 Å². The maximum Gasteiger partial charge on any atom is 0.0479 e. The Kier molecular flexibility index (Phi) is 5.45. The van der Waals surface area contributed by atoms with Gasteiger partial charge in [0.05, 0.1) is 0 Å². The molecule has 1 fully saturated rings. The van der Waals surface area contributed by atoms with Crippen LogP contribution in [0.25, 0.3) is 0 Å². The van der Waals surface area contributed by atoms with Gasteiger partial charge < -0.3 is 5.73 Å². The molecule has 1 saturated heterocycles. The van der Waals surface area contributed by atoms with Gasteiger partial charge in [-0.3, -0.25) is 4.90 Å². The zero-order valence-corrected chi connectivity index (χ0v) is 14.2. The van der Waals surface area contributed by atoms with Gasteiger partial charge in [0.25, 0.3) is 0 Å². The van der Waals surface area contributed by atoms with Crippen LogP contribution in [0.2, 0.25) is 0 Å². The highest BCUT2D eigenvalue weighted by atomic mass is 15.2. The first kappa shape index (κ1) is 16.5. The Bertz CT molecular complexity index is 431. The van der Waals surface area contributed by atoms with Crippen LogP contribution in [0.1, 0.15) is 76.5 Å². The Morgan fingerprint density at radius 2 is 1.57 bits per heavy atom. The van der Waals surface area contributed by atoms with Crippen molar-refractivity contribution >= 4 is 0 Å². The Hall–Kier alpha value is -0.860. The van der Waals surface area contributed by atoms with Crippen LogP contribution in [0.3, 0.4) is 0 Å². The van der Waals surface area contributed by atoms with E-state index >= 15 is 0 Å². The molecule has 2 N–H and O–H groups in total. The minimum Gasteiger partial charge on any atom is -0.322 e. The summed E-state index contributed by atoms with van der Waals surface area (Å²) in [6.45, 7) is 11.5. The van der Waals surface area contributed by atoms with Gasteiger partial charge in [-0.05, 0) is 56.3 Å². The summed E-state index contributed by atoms with van der Waals surface area (Å²) in [5.74, 6) is 0.579. The molecule has 1 aromatic rings. The summed E-state index contributed by atoms with van der Waals surface area (Å²) in [5, 5.41) is 0. The summed E-state index contributed by atoms with van der Waals surface area (Å²) >= 11 is 0. The van der Waals surface area contributed by atoms with Crippen molar-refractivity contribution in [1.82, 2.24) is 4.90 Å². The Morgan fingerprint density at radius 3 is 2.05 bits per heavy atom. The summed E-state index contributed by atoms with van der Waals surface area (Å²) in [7, 11) is 0. The number of nitrogens with zero attached hydrogens (tertiary/aromatic N) is 1. The molecule has 0 saturated carbocycles. The fourth-order valence-corrected chi connectivity index (χ4v) is 3.49. The van der Waals surface area contributed by atoms with Gasteiger partial charge in [-0.25, -0.2) is 0 Å². The number of rotatable bonds is 5. The third kappa shape index (κ3) is 3.49. The zero-order valence-electron chi connectivity index (χ0n) is 14.2. The molecule has 2 rings (SSSR count). The largest absolute Gasteiger partial charge is 0.322 e. The quantitative estimate of drug-likeness (QED) is 0.866. The fraction of sp³-hybridized carbons (Fsp3) is 0.684. The second-order valence-electron chi connectivity index (χ2n) is 7.06. The van der Waals surface area contributed by atoms with Crippen molar-refractivity contribution in [1.29, 1.82) is 0 Å². The molecule has 118 valence electrons. The van der Waals surface area contributed by atoms with E-state index < -0.39 is 0 Å². The lowest BCUT2D eigenvalue weighted by molar-refractivity contribution is 0.0542. The standard InChI is InChI=1S/C19H32N2/c1-5-19(4,21-13-7-6-8-14-21)18(20)17-11-9-16(10-12-17)15(2)3/h9-12,15,18H,5-8,13-14,20H2,1-4H3. The van der Waals surface area contributed by atoms with Gasteiger partial charge in [0.1, 0.15) is 0 Å². The van der Waals surface area contributed by atoms with Crippen LogP contribution in [0, 0.1) is 0 Å². The first-order valence-electron chi connectivity index (χ1n) is 8.59. The molecular weight excluding hydrogens is 256 g/mol. The smallest absolute Gasteiger partial charge is 0.0479 e. The normalized spacial score (nSPS) is 21.2. The van der Waals surface area contributed by atoms with E-state index in [1.807, 2.05) is 0 Å². The van der Waals surface area contributed by atoms with Crippen molar-refractivity contribution in [3.63, 3.8) is 0 Å². The van der Waals surface area contributed by atoms with E-state index in [4.69, 9.17) is 5.73 Å². The molecule has 0 bridgehead atoms. The van der Waals surface area contributed by atoms with Gasteiger partial charge in [-0.1, -0.05) is 51.5 Å². The number of hydrogen-bond donors (Lipinski definition) is 1. The minimum atomic E-state index is 0.0692. The first-order valence-corrected chi connectivity index (χ1v) is 8.59. The van der Waals surface area contributed by atoms with Crippen molar-refractivity contribution in [2.75, 3.05) is 13.1 Å². The zero-order chi connectivity index (χ0) is 15.5. The number of likely N-dealkylation sites (tertiary alicyclic amines) is 1. The summed E-state index contributed by atoms with van der Waals surface area (Å²) in [4.78, 5) is 2.62. The number of hydrogen-bond acceptors (Lipinski definition) is 2. The van der Waals surface area contributed by atoms with Gasteiger partial charge in [0, 0.05) is 11.6 Å². The summed E-state index contributed by atoms with van der Waals surface area (Å²) < 4.78 is 0. The summed E-state index contributed by atoms with van der Waals surface area (Å²) in [5.41, 5.74) is 9.43. The molecule has 2 unspecified atom stereocenters. The lowest BCUT2D eigenvalue weighted by Gasteiger charge is -2.47. The number of nitrogens with two attached hydrogens (primary N) is 1. The third-order valence-corrected chi connectivity index (χ3v) is 5.43. The lowest BCUT2D eigenvalue weighted by atomic mass is 9.82. The Morgan fingerprint density at radius 1 is 1.05 bits per heavy atom. The van der Waals surface area contributed by atoms with Crippen molar-refractivity contribution < 1.29 is 0 Å². The Labute approximate surface area is 130 Å². The minimum absolute atomic E-state index is 0.0692. The lowest BCUT2D eigenvalue weighted by Crippen LogP contribution is -2.54. The van der Waals surface area contributed by atoms with Crippen LogP contribution in [-0.2, 0) is 0 Å². The SMILES string of the molecule is CCC(C)(C(N)c1ccc(C(C)C)cc1)N1CCCCC1. The van der Waals surface area contributed by atoms with Gasteiger partial charge in [0.15, 0.2) is 0 Å². The molecule has 1 aromatic carbocycles. The molecule has 1 heterocycles. The average molecular weight is 288 g/mol. The van der Waals surface area contributed by atoms with E-state index in [0.29, 0.717) is 5.92 Å². The molecule has 2 nitrogen and oxygen atoms in total. The van der Waals surface area contributed by atoms with E-state index in [9.17, 15) is 0 Å². The van der Waals surface area contributed by atoms with E-state index in [0.717, 1.165) is 6.42 Å². The molecule has 0 aromatic heterocycles. The van der Waals surface area contributed by atoms with Gasteiger partial charge in [0.2, 0.25) is 0 Å². The van der Waals surface area contributed by atoms with Crippen LogP contribution >= 0.6 is 0 Å². The highest BCUT2D eigenvalue weighted by molar-refractivity contribution is 5.28. The number of benzene rings is 1. The molecular formula is C19H32N2. The average Bonchev–Trinajstić information content (AvgIpc) is 2.54. The highest BCUT2D eigenvalue weighted by Gasteiger charge is 2.37. The second-order valence-corrected chi connectivity index (χ2v) is 7.06. The van der Waals surface area contributed by atoms with Gasteiger partial charge in [-0.2, -0.15) is 0 Å². The van der Waals surface area contributed by atoms with Crippen LogP contribution < -0.4 is 5.73 Å². The topological polar surface area (TPSA) is 29.3 Å². The molecule has 21 heavy (non-hydrogen) atoms. The maximum atomic E-state index is 6.70. The molecule has 0 amide bonds. The molecule has 0 aliphatic carbocycles. The second kappa shape index (κ2) is 6.93. The molecule has 2 heteroatoms. The number of piperidine rings is 1.